The summed E-state index contributed by atoms with van der Waals surface area (Å²) in [5, 5.41) is 0. The average Bonchev–Trinajstić information content (AvgIpc) is 3.10. The largest absolute Gasteiger partial charge is 0.383 e. The van der Waals surface area contributed by atoms with Crippen LogP contribution in [0.2, 0.25) is 0 Å². The molecule has 7 nitrogen and oxygen atoms in total. The molecule has 1 aliphatic rings. The second-order valence-electron chi connectivity index (χ2n) is 6.92. The van der Waals surface area contributed by atoms with Gasteiger partial charge in [-0.2, -0.15) is 0 Å². The molecule has 0 unspecified atom stereocenters. The van der Waals surface area contributed by atoms with Gasteiger partial charge in [-0.1, -0.05) is 0 Å². The first-order chi connectivity index (χ1) is 13.2. The summed E-state index contributed by atoms with van der Waals surface area (Å²) in [6, 6.07) is 0. The number of rotatable bonds is 4. The minimum absolute atomic E-state index is 0.0821. The van der Waals surface area contributed by atoms with E-state index in [2.05, 4.69) is 0 Å². The molecule has 1 heterocycles. The summed E-state index contributed by atoms with van der Waals surface area (Å²) in [5.41, 5.74) is 0. The Morgan fingerprint density at radius 1 is 0.621 bits per heavy atom. The van der Waals surface area contributed by atoms with Gasteiger partial charge in [-0.05, 0) is 66.5 Å². The van der Waals surface area contributed by atoms with Crippen molar-refractivity contribution in [3.8, 4) is 0 Å². The SMILES string of the molecule is C1CCOC1.CC(=O)/C=C/N(C)C.CC(=O)/C=C/N(C)C.CC(C)=O.CC(C)=O. The van der Waals surface area contributed by atoms with Crippen molar-refractivity contribution in [2.24, 2.45) is 0 Å². The van der Waals surface area contributed by atoms with Crippen LogP contribution in [0.4, 0.5) is 0 Å². The summed E-state index contributed by atoms with van der Waals surface area (Å²) in [5.74, 6) is 0.498. The molecule has 0 bridgehead atoms. The maximum Gasteiger partial charge on any atom is 0.154 e. The average molecular weight is 415 g/mol. The van der Waals surface area contributed by atoms with Crippen molar-refractivity contribution in [2.45, 2.75) is 54.4 Å². The maximum atomic E-state index is 10.2. The fourth-order valence-electron chi connectivity index (χ4n) is 1.02. The van der Waals surface area contributed by atoms with Crippen LogP contribution in [0.25, 0.3) is 0 Å². The standard InChI is InChI=1S/2C6H11NO.C4H8O.2C3H6O/c2*1-6(8)4-5-7(2)3;1-2-4-5-3-1;2*1-3(2)4/h2*4-5H,1-3H3;1-4H2;2*1-2H3/b2*5-4+;;;. The van der Waals surface area contributed by atoms with Gasteiger partial charge in [0, 0.05) is 53.8 Å². The Morgan fingerprint density at radius 2 is 0.862 bits per heavy atom. The summed E-state index contributed by atoms with van der Waals surface area (Å²) in [7, 11) is 7.50. The number of carbonyl (C=O) groups excluding carboxylic acids is 4. The number of hydrogen-bond donors (Lipinski definition) is 0. The summed E-state index contributed by atoms with van der Waals surface area (Å²) in [4.78, 5) is 43.0. The molecule has 0 amide bonds. The normalized spacial score (nSPS) is 11.4. The molecule has 1 saturated heterocycles. The molecule has 0 saturated carbocycles. The third kappa shape index (κ3) is 89.4. The Hall–Kier alpha value is -2.28. The smallest absolute Gasteiger partial charge is 0.154 e. The molecule has 0 aromatic heterocycles. The molecule has 1 fully saturated rings. The molecular weight excluding hydrogens is 372 g/mol. The predicted octanol–water partition coefficient (Wildman–Crippen LogP) is 3.29. The minimum atomic E-state index is 0.0821. The van der Waals surface area contributed by atoms with Gasteiger partial charge in [0.15, 0.2) is 11.6 Å². The molecule has 29 heavy (non-hydrogen) atoms. The third-order valence-electron chi connectivity index (χ3n) is 2.04. The fourth-order valence-corrected chi connectivity index (χ4v) is 1.02. The first kappa shape index (κ1) is 34.2. The highest BCUT2D eigenvalue weighted by atomic mass is 16.5. The number of ether oxygens (including phenoxy) is 1. The summed E-state index contributed by atoms with van der Waals surface area (Å²) >= 11 is 0. The lowest BCUT2D eigenvalue weighted by molar-refractivity contribution is -0.115. The summed E-state index contributed by atoms with van der Waals surface area (Å²) in [6.45, 7) is 11.2. The van der Waals surface area contributed by atoms with Gasteiger partial charge in [0.2, 0.25) is 0 Å². The van der Waals surface area contributed by atoms with E-state index in [1.165, 1.54) is 66.5 Å². The Balaban J connectivity index is -0.000000139. The summed E-state index contributed by atoms with van der Waals surface area (Å²) < 4.78 is 4.94. The maximum absolute atomic E-state index is 10.2. The van der Waals surface area contributed by atoms with Crippen molar-refractivity contribution in [1.82, 2.24) is 9.80 Å². The lowest BCUT2D eigenvalue weighted by Crippen LogP contribution is -2.01. The quantitative estimate of drug-likeness (QED) is 0.653. The first-order valence-electron chi connectivity index (χ1n) is 9.44. The molecule has 1 aliphatic heterocycles. The fraction of sp³-hybridized carbons (Fsp3) is 0.636. The van der Waals surface area contributed by atoms with Gasteiger partial charge in [-0.3, -0.25) is 9.59 Å². The second kappa shape index (κ2) is 25.7. The molecule has 0 N–H and O–H groups in total. The third-order valence-corrected chi connectivity index (χ3v) is 2.04. The van der Waals surface area contributed by atoms with E-state index in [-0.39, 0.29) is 23.1 Å². The van der Waals surface area contributed by atoms with Crippen molar-refractivity contribution in [3.05, 3.63) is 24.6 Å². The second-order valence-corrected chi connectivity index (χ2v) is 6.92. The van der Waals surface area contributed by atoms with Crippen molar-refractivity contribution >= 4 is 23.1 Å². The predicted molar refractivity (Wildman–Crippen MR) is 120 cm³/mol. The molecular formula is C22H42N2O5. The van der Waals surface area contributed by atoms with Crippen LogP contribution in [0.15, 0.2) is 24.6 Å². The van der Waals surface area contributed by atoms with Crippen LogP contribution < -0.4 is 0 Å². The van der Waals surface area contributed by atoms with Gasteiger partial charge in [0.05, 0.1) is 0 Å². The number of ketones is 4. The Labute approximate surface area is 177 Å². The van der Waals surface area contributed by atoms with E-state index >= 15 is 0 Å². The molecule has 7 heteroatoms. The van der Waals surface area contributed by atoms with Crippen LogP contribution in [-0.4, -0.2) is 74.3 Å². The van der Waals surface area contributed by atoms with Crippen LogP contribution in [0.5, 0.6) is 0 Å². The highest BCUT2D eigenvalue weighted by Crippen LogP contribution is 1.98. The molecule has 1 rings (SSSR count). The molecule has 170 valence electrons. The number of Topliss-reactive ketones (excluding diaryl/α,β-unsaturated/α-hetero) is 2. The monoisotopic (exact) mass is 414 g/mol. The van der Waals surface area contributed by atoms with Gasteiger partial charge in [0.1, 0.15) is 11.6 Å². The number of hydrogen-bond acceptors (Lipinski definition) is 7. The van der Waals surface area contributed by atoms with Crippen LogP contribution in [0, 0.1) is 0 Å². The van der Waals surface area contributed by atoms with Crippen LogP contribution in [0.1, 0.15) is 54.4 Å². The van der Waals surface area contributed by atoms with E-state index in [9.17, 15) is 19.2 Å². The molecule has 0 radical (unpaired) electrons. The molecule has 0 aliphatic carbocycles. The summed E-state index contributed by atoms with van der Waals surface area (Å²) in [6.07, 6.45) is 9.06. The van der Waals surface area contributed by atoms with E-state index in [0.29, 0.717) is 0 Å². The minimum Gasteiger partial charge on any atom is -0.383 e. The van der Waals surface area contributed by atoms with Crippen molar-refractivity contribution in [3.63, 3.8) is 0 Å². The molecule has 0 aromatic carbocycles. The highest BCUT2D eigenvalue weighted by Gasteiger charge is 1.94. The van der Waals surface area contributed by atoms with E-state index in [0.717, 1.165) is 13.2 Å². The van der Waals surface area contributed by atoms with Crippen LogP contribution in [0.3, 0.4) is 0 Å². The Bertz CT molecular complexity index is 436. The number of allylic oxidation sites excluding steroid dienone is 2. The highest BCUT2D eigenvalue weighted by molar-refractivity contribution is 5.87. The molecule has 0 aromatic rings. The lowest BCUT2D eigenvalue weighted by atomic mass is 10.4. The van der Waals surface area contributed by atoms with E-state index < -0.39 is 0 Å². The topological polar surface area (TPSA) is 84.0 Å². The number of carbonyl (C=O) groups is 4. The molecule has 0 spiro atoms. The zero-order valence-corrected chi connectivity index (χ0v) is 20.1. The van der Waals surface area contributed by atoms with E-state index in [1.807, 2.05) is 38.0 Å². The lowest BCUT2D eigenvalue weighted by Gasteiger charge is -2.00. The number of nitrogens with zero attached hydrogens (tertiary/aromatic N) is 2. The zero-order valence-electron chi connectivity index (χ0n) is 20.1. The van der Waals surface area contributed by atoms with Crippen LogP contribution >= 0.6 is 0 Å². The van der Waals surface area contributed by atoms with Gasteiger partial charge in [0.25, 0.3) is 0 Å². The molecule has 0 atom stereocenters. The van der Waals surface area contributed by atoms with Gasteiger partial charge < -0.3 is 24.1 Å². The van der Waals surface area contributed by atoms with Gasteiger partial charge in [-0.15, -0.1) is 0 Å². The van der Waals surface area contributed by atoms with E-state index in [1.54, 1.807) is 12.4 Å². The Morgan fingerprint density at radius 3 is 0.931 bits per heavy atom. The van der Waals surface area contributed by atoms with Crippen molar-refractivity contribution < 1.29 is 23.9 Å². The van der Waals surface area contributed by atoms with Gasteiger partial charge >= 0.3 is 0 Å². The van der Waals surface area contributed by atoms with Crippen molar-refractivity contribution in [2.75, 3.05) is 41.4 Å². The van der Waals surface area contributed by atoms with Crippen molar-refractivity contribution in [1.29, 1.82) is 0 Å². The van der Waals surface area contributed by atoms with E-state index in [4.69, 9.17) is 4.74 Å². The van der Waals surface area contributed by atoms with Crippen LogP contribution in [-0.2, 0) is 23.9 Å². The van der Waals surface area contributed by atoms with Gasteiger partial charge in [-0.25, -0.2) is 0 Å². The Kier molecular flexibility index (Phi) is 30.4. The first-order valence-corrected chi connectivity index (χ1v) is 9.44. The zero-order chi connectivity index (χ0) is 23.8.